The SMILES string of the molecule is O=C(COc1ccccc1Cc1ccccc1)Nc1ccc(F)c(NC(=O)CCN2CCOCC2)c1. The molecule has 2 amide bonds. The summed E-state index contributed by atoms with van der Waals surface area (Å²) >= 11 is 0. The predicted molar refractivity (Wildman–Crippen MR) is 137 cm³/mol. The van der Waals surface area contributed by atoms with Crippen LogP contribution in [0.2, 0.25) is 0 Å². The predicted octanol–water partition coefficient (Wildman–Crippen LogP) is 4.09. The fourth-order valence-electron chi connectivity index (χ4n) is 3.94. The first-order valence-electron chi connectivity index (χ1n) is 12.0. The van der Waals surface area contributed by atoms with Crippen LogP contribution in [0.15, 0.2) is 72.8 Å². The van der Waals surface area contributed by atoms with Gasteiger partial charge in [-0.15, -0.1) is 0 Å². The standard InChI is InChI=1S/C28H30FN3O4/c29-24-11-10-23(19-25(24)31-27(33)12-13-32-14-16-35-17-15-32)30-28(34)20-36-26-9-5-4-8-22(26)18-21-6-2-1-3-7-21/h1-11,19H,12-18,20H2,(H,30,34)(H,31,33). The quantitative estimate of drug-likeness (QED) is 0.447. The summed E-state index contributed by atoms with van der Waals surface area (Å²) in [5.41, 5.74) is 2.50. The van der Waals surface area contributed by atoms with Crippen LogP contribution < -0.4 is 15.4 Å². The van der Waals surface area contributed by atoms with E-state index in [4.69, 9.17) is 9.47 Å². The Kier molecular flexibility index (Phi) is 9.02. The van der Waals surface area contributed by atoms with Gasteiger partial charge < -0.3 is 20.1 Å². The first-order chi connectivity index (χ1) is 17.6. The topological polar surface area (TPSA) is 79.9 Å². The minimum atomic E-state index is -0.571. The molecule has 0 saturated carbocycles. The summed E-state index contributed by atoms with van der Waals surface area (Å²) < 4.78 is 25.4. The van der Waals surface area contributed by atoms with Gasteiger partial charge in [0.2, 0.25) is 5.91 Å². The molecule has 4 rings (SSSR count). The third-order valence-corrected chi connectivity index (χ3v) is 5.85. The summed E-state index contributed by atoms with van der Waals surface area (Å²) in [6.07, 6.45) is 0.928. The van der Waals surface area contributed by atoms with Crippen molar-refractivity contribution in [3.63, 3.8) is 0 Å². The van der Waals surface area contributed by atoms with Crippen LogP contribution in [0.3, 0.4) is 0 Å². The molecule has 3 aromatic carbocycles. The average molecular weight is 492 g/mol. The number of anilines is 2. The van der Waals surface area contributed by atoms with Crippen LogP contribution in [0.5, 0.6) is 5.75 Å². The van der Waals surface area contributed by atoms with E-state index >= 15 is 0 Å². The van der Waals surface area contributed by atoms with Crippen molar-refractivity contribution in [3.8, 4) is 5.75 Å². The van der Waals surface area contributed by atoms with Gasteiger partial charge >= 0.3 is 0 Å². The highest BCUT2D eigenvalue weighted by Gasteiger charge is 2.14. The Hall–Kier alpha value is -3.75. The largest absolute Gasteiger partial charge is 0.483 e. The highest BCUT2D eigenvalue weighted by atomic mass is 19.1. The van der Waals surface area contributed by atoms with E-state index in [0.717, 1.165) is 24.2 Å². The number of nitrogens with one attached hydrogen (secondary N) is 2. The molecule has 1 aliphatic heterocycles. The molecule has 1 aliphatic rings. The number of benzene rings is 3. The van der Waals surface area contributed by atoms with Crippen molar-refractivity contribution in [1.82, 2.24) is 4.90 Å². The number of ether oxygens (including phenoxy) is 2. The summed E-state index contributed by atoms with van der Waals surface area (Å²) in [7, 11) is 0. The van der Waals surface area contributed by atoms with E-state index < -0.39 is 5.82 Å². The summed E-state index contributed by atoms with van der Waals surface area (Å²) in [4.78, 5) is 27.0. The van der Waals surface area contributed by atoms with Crippen LogP contribution in [-0.4, -0.2) is 56.2 Å². The third-order valence-electron chi connectivity index (χ3n) is 5.85. The molecule has 0 radical (unpaired) electrons. The zero-order valence-corrected chi connectivity index (χ0v) is 20.0. The number of amides is 2. The molecule has 1 saturated heterocycles. The molecule has 8 heteroatoms. The Bertz CT molecular complexity index is 1170. The van der Waals surface area contributed by atoms with Crippen molar-refractivity contribution in [2.45, 2.75) is 12.8 Å². The Morgan fingerprint density at radius 1 is 0.917 bits per heavy atom. The van der Waals surface area contributed by atoms with E-state index in [2.05, 4.69) is 15.5 Å². The minimum Gasteiger partial charge on any atom is -0.483 e. The maximum Gasteiger partial charge on any atom is 0.262 e. The fraction of sp³-hybridized carbons (Fsp3) is 0.286. The number of para-hydroxylation sites is 1. The van der Waals surface area contributed by atoms with Gasteiger partial charge in [0.25, 0.3) is 5.91 Å². The molecule has 0 aliphatic carbocycles. The highest BCUT2D eigenvalue weighted by Crippen LogP contribution is 2.22. The van der Waals surface area contributed by atoms with Crippen LogP contribution >= 0.6 is 0 Å². The van der Waals surface area contributed by atoms with Gasteiger partial charge in [-0.1, -0.05) is 48.5 Å². The van der Waals surface area contributed by atoms with Gasteiger partial charge in [-0.3, -0.25) is 14.5 Å². The van der Waals surface area contributed by atoms with Gasteiger partial charge in [0.05, 0.1) is 18.9 Å². The maximum atomic E-state index is 14.3. The zero-order valence-electron chi connectivity index (χ0n) is 20.0. The van der Waals surface area contributed by atoms with E-state index in [9.17, 15) is 14.0 Å². The van der Waals surface area contributed by atoms with Crippen LogP contribution in [0.1, 0.15) is 17.5 Å². The molecule has 1 fully saturated rings. The van der Waals surface area contributed by atoms with Crippen molar-refractivity contribution in [1.29, 1.82) is 0 Å². The van der Waals surface area contributed by atoms with E-state index in [0.29, 0.717) is 37.6 Å². The molecule has 188 valence electrons. The number of rotatable bonds is 10. The van der Waals surface area contributed by atoms with Gasteiger partial charge in [-0.05, 0) is 35.4 Å². The summed E-state index contributed by atoms with van der Waals surface area (Å²) in [5, 5.41) is 5.30. The van der Waals surface area contributed by atoms with Crippen LogP contribution in [0.25, 0.3) is 0 Å². The summed E-state index contributed by atoms with van der Waals surface area (Å²) in [6.45, 7) is 3.24. The monoisotopic (exact) mass is 491 g/mol. The number of nitrogens with zero attached hydrogens (tertiary/aromatic N) is 1. The molecule has 3 aromatic rings. The summed E-state index contributed by atoms with van der Waals surface area (Å²) in [5.74, 6) is -0.620. The number of morpholine rings is 1. The van der Waals surface area contributed by atoms with Gasteiger partial charge in [0, 0.05) is 38.2 Å². The molecule has 1 heterocycles. The molecule has 0 unspecified atom stereocenters. The lowest BCUT2D eigenvalue weighted by atomic mass is 10.0. The average Bonchev–Trinajstić information content (AvgIpc) is 2.90. The minimum absolute atomic E-state index is 0.0221. The van der Waals surface area contributed by atoms with Crippen molar-refractivity contribution in [3.05, 3.63) is 89.7 Å². The lowest BCUT2D eigenvalue weighted by Gasteiger charge is -2.26. The lowest BCUT2D eigenvalue weighted by molar-refractivity contribution is -0.118. The third kappa shape index (κ3) is 7.63. The number of carbonyl (C=O) groups excluding carboxylic acids is 2. The van der Waals surface area contributed by atoms with E-state index in [1.165, 1.54) is 18.2 Å². The molecular formula is C28H30FN3O4. The van der Waals surface area contributed by atoms with Crippen molar-refractivity contribution in [2.24, 2.45) is 0 Å². The Morgan fingerprint density at radius 3 is 2.47 bits per heavy atom. The first-order valence-corrected chi connectivity index (χ1v) is 12.0. The maximum absolute atomic E-state index is 14.3. The smallest absolute Gasteiger partial charge is 0.262 e. The van der Waals surface area contributed by atoms with E-state index in [1.54, 1.807) is 0 Å². The lowest BCUT2D eigenvalue weighted by Crippen LogP contribution is -2.38. The summed E-state index contributed by atoms with van der Waals surface area (Å²) in [6, 6.07) is 21.7. The molecule has 2 N–H and O–H groups in total. The van der Waals surface area contributed by atoms with Crippen molar-refractivity contribution < 1.29 is 23.5 Å². The Balaban J connectivity index is 1.29. The molecular weight excluding hydrogens is 461 g/mol. The van der Waals surface area contributed by atoms with Crippen molar-refractivity contribution >= 4 is 23.2 Å². The van der Waals surface area contributed by atoms with Crippen LogP contribution in [0, 0.1) is 5.82 Å². The molecule has 0 atom stereocenters. The highest BCUT2D eigenvalue weighted by molar-refractivity contribution is 5.94. The zero-order chi connectivity index (χ0) is 25.2. The normalized spacial score (nSPS) is 13.7. The van der Waals surface area contributed by atoms with E-state index in [-0.39, 0.29) is 30.5 Å². The van der Waals surface area contributed by atoms with Gasteiger partial charge in [0.15, 0.2) is 6.61 Å². The molecule has 0 aromatic heterocycles. The number of hydrogen-bond acceptors (Lipinski definition) is 5. The van der Waals surface area contributed by atoms with Gasteiger partial charge in [-0.25, -0.2) is 4.39 Å². The number of halogens is 1. The van der Waals surface area contributed by atoms with Gasteiger partial charge in [0.1, 0.15) is 11.6 Å². The first kappa shape index (κ1) is 25.3. The number of carbonyl (C=O) groups is 2. The van der Waals surface area contributed by atoms with Crippen LogP contribution in [0.4, 0.5) is 15.8 Å². The van der Waals surface area contributed by atoms with E-state index in [1.807, 2.05) is 54.6 Å². The number of hydrogen-bond donors (Lipinski definition) is 2. The second-order valence-corrected chi connectivity index (χ2v) is 8.55. The Morgan fingerprint density at radius 2 is 1.67 bits per heavy atom. The second-order valence-electron chi connectivity index (χ2n) is 8.55. The fourth-order valence-corrected chi connectivity index (χ4v) is 3.94. The molecule has 36 heavy (non-hydrogen) atoms. The van der Waals surface area contributed by atoms with Crippen LogP contribution in [-0.2, 0) is 20.7 Å². The molecule has 7 nitrogen and oxygen atoms in total. The van der Waals surface area contributed by atoms with Crippen molar-refractivity contribution in [2.75, 3.05) is 50.1 Å². The molecule has 0 spiro atoms. The van der Waals surface area contributed by atoms with Gasteiger partial charge in [-0.2, -0.15) is 0 Å². The Labute approximate surface area is 210 Å². The molecule has 0 bridgehead atoms. The second kappa shape index (κ2) is 12.8.